The minimum atomic E-state index is -0.148. The van der Waals surface area contributed by atoms with Crippen LogP contribution in [0.2, 0.25) is 0 Å². The number of aliphatic hydroxyl groups is 1. The predicted molar refractivity (Wildman–Crippen MR) is 70.5 cm³/mol. The Balaban J connectivity index is 1.86. The molecule has 2 rings (SSSR count). The first-order valence-corrected chi connectivity index (χ1v) is 6.12. The summed E-state index contributed by atoms with van der Waals surface area (Å²) >= 11 is 0. The fraction of sp³-hybridized carbons (Fsp3) is 0.308. The Morgan fingerprint density at radius 3 is 2.84 bits per heavy atom. The van der Waals surface area contributed by atoms with E-state index in [-0.39, 0.29) is 19.1 Å². The summed E-state index contributed by atoms with van der Waals surface area (Å²) in [5, 5.41) is 19.3. The Morgan fingerprint density at radius 2 is 2.11 bits per heavy atom. The third kappa shape index (κ3) is 4.18. The Morgan fingerprint density at radius 1 is 1.32 bits per heavy atom. The van der Waals surface area contributed by atoms with E-state index in [2.05, 4.69) is 15.6 Å². The number of anilines is 1. The first kappa shape index (κ1) is 13.2. The van der Waals surface area contributed by atoms with E-state index in [1.165, 1.54) is 4.68 Å². The van der Waals surface area contributed by atoms with Crippen molar-refractivity contribution in [1.82, 2.24) is 15.0 Å². The van der Waals surface area contributed by atoms with Crippen molar-refractivity contribution in [2.45, 2.75) is 19.4 Å². The van der Waals surface area contributed by atoms with E-state index in [1.807, 2.05) is 30.3 Å². The molecular weight excluding hydrogens is 244 g/mol. The zero-order valence-corrected chi connectivity index (χ0v) is 10.5. The Kier molecular flexibility index (Phi) is 4.63. The number of aryl methyl sites for hydroxylation is 1. The molecule has 0 radical (unpaired) electrons. The van der Waals surface area contributed by atoms with Crippen molar-refractivity contribution in [3.8, 4) is 0 Å². The van der Waals surface area contributed by atoms with E-state index >= 15 is 0 Å². The summed E-state index contributed by atoms with van der Waals surface area (Å²) in [6.45, 7) is 0.252. The minimum Gasteiger partial charge on any atom is -0.396 e. The van der Waals surface area contributed by atoms with Gasteiger partial charge >= 0.3 is 0 Å². The quantitative estimate of drug-likeness (QED) is 0.806. The summed E-state index contributed by atoms with van der Waals surface area (Å²) in [6, 6.07) is 9.26. The van der Waals surface area contributed by atoms with Crippen molar-refractivity contribution < 1.29 is 9.90 Å². The summed E-state index contributed by atoms with van der Waals surface area (Å²) < 4.78 is 1.49. The van der Waals surface area contributed by atoms with Gasteiger partial charge in [0.15, 0.2) is 0 Å². The van der Waals surface area contributed by atoms with Gasteiger partial charge in [-0.1, -0.05) is 23.4 Å². The van der Waals surface area contributed by atoms with Gasteiger partial charge in [-0.05, 0) is 25.0 Å². The van der Waals surface area contributed by atoms with Crippen molar-refractivity contribution in [1.29, 1.82) is 0 Å². The van der Waals surface area contributed by atoms with Crippen molar-refractivity contribution >= 4 is 11.6 Å². The fourth-order valence-electron chi connectivity index (χ4n) is 1.66. The van der Waals surface area contributed by atoms with Crippen molar-refractivity contribution in [2.24, 2.45) is 0 Å². The second-order valence-electron chi connectivity index (χ2n) is 4.15. The highest BCUT2D eigenvalue weighted by atomic mass is 16.2. The van der Waals surface area contributed by atoms with Crippen LogP contribution in [-0.4, -0.2) is 32.6 Å². The molecule has 0 aliphatic rings. The van der Waals surface area contributed by atoms with Gasteiger partial charge in [-0.2, -0.15) is 0 Å². The van der Waals surface area contributed by atoms with Gasteiger partial charge in [-0.25, -0.2) is 4.68 Å². The van der Waals surface area contributed by atoms with Crippen molar-refractivity contribution in [2.75, 3.05) is 11.9 Å². The molecule has 6 nitrogen and oxygen atoms in total. The molecule has 1 aromatic heterocycles. The van der Waals surface area contributed by atoms with Gasteiger partial charge in [0.25, 0.3) is 0 Å². The first-order valence-electron chi connectivity index (χ1n) is 6.12. The van der Waals surface area contributed by atoms with Gasteiger partial charge in [0, 0.05) is 18.5 Å². The largest absolute Gasteiger partial charge is 0.396 e. The monoisotopic (exact) mass is 260 g/mol. The van der Waals surface area contributed by atoms with E-state index in [4.69, 9.17) is 5.11 Å². The zero-order chi connectivity index (χ0) is 13.5. The number of benzene rings is 1. The number of para-hydroxylation sites is 1. The van der Waals surface area contributed by atoms with Crippen LogP contribution >= 0.6 is 0 Å². The van der Waals surface area contributed by atoms with Gasteiger partial charge in [0.05, 0.1) is 5.69 Å². The third-order valence-corrected chi connectivity index (χ3v) is 2.54. The number of amides is 1. The van der Waals surface area contributed by atoms with E-state index in [0.717, 1.165) is 11.4 Å². The maximum atomic E-state index is 11.8. The molecule has 0 bridgehead atoms. The molecule has 19 heavy (non-hydrogen) atoms. The number of carbonyl (C=O) groups is 1. The van der Waals surface area contributed by atoms with Gasteiger partial charge in [-0.3, -0.25) is 4.79 Å². The van der Waals surface area contributed by atoms with Crippen molar-refractivity contribution in [3.05, 3.63) is 42.2 Å². The van der Waals surface area contributed by atoms with E-state index in [9.17, 15) is 4.79 Å². The number of hydrogen-bond donors (Lipinski definition) is 2. The second-order valence-corrected chi connectivity index (χ2v) is 4.15. The van der Waals surface area contributed by atoms with E-state index in [1.54, 1.807) is 6.20 Å². The highest BCUT2D eigenvalue weighted by Gasteiger charge is 2.06. The third-order valence-electron chi connectivity index (χ3n) is 2.54. The lowest BCUT2D eigenvalue weighted by atomic mass is 10.3. The molecule has 100 valence electrons. The van der Waals surface area contributed by atoms with Crippen LogP contribution in [0.25, 0.3) is 0 Å². The summed E-state index contributed by atoms with van der Waals surface area (Å²) in [4.78, 5) is 11.8. The molecule has 2 aromatic rings. The van der Waals surface area contributed by atoms with E-state index in [0.29, 0.717) is 12.8 Å². The summed E-state index contributed by atoms with van der Waals surface area (Å²) in [5.74, 6) is -0.148. The molecule has 1 amide bonds. The van der Waals surface area contributed by atoms with Crippen LogP contribution in [0.1, 0.15) is 12.1 Å². The average molecular weight is 260 g/mol. The van der Waals surface area contributed by atoms with E-state index < -0.39 is 0 Å². The maximum Gasteiger partial charge on any atom is 0.246 e. The topological polar surface area (TPSA) is 80.0 Å². The van der Waals surface area contributed by atoms with Crippen LogP contribution in [0.5, 0.6) is 0 Å². The van der Waals surface area contributed by atoms with Crippen LogP contribution in [0.15, 0.2) is 36.5 Å². The maximum absolute atomic E-state index is 11.8. The van der Waals surface area contributed by atoms with Crippen LogP contribution in [0, 0.1) is 0 Å². The van der Waals surface area contributed by atoms with Crippen LogP contribution < -0.4 is 5.32 Å². The van der Waals surface area contributed by atoms with Crippen LogP contribution in [0.4, 0.5) is 5.69 Å². The lowest BCUT2D eigenvalue weighted by Gasteiger charge is -2.04. The molecule has 0 aliphatic carbocycles. The normalized spacial score (nSPS) is 10.4. The number of aliphatic hydroxyl groups excluding tert-OH is 1. The number of nitrogens with one attached hydrogen (secondary N) is 1. The highest BCUT2D eigenvalue weighted by molar-refractivity contribution is 5.90. The summed E-state index contributed by atoms with van der Waals surface area (Å²) in [5.41, 5.74) is 1.54. The fourth-order valence-corrected chi connectivity index (χ4v) is 1.66. The van der Waals surface area contributed by atoms with Crippen LogP contribution in [-0.2, 0) is 17.8 Å². The number of hydrogen-bond acceptors (Lipinski definition) is 4. The Bertz CT molecular complexity index is 524. The Hall–Kier alpha value is -2.21. The smallest absolute Gasteiger partial charge is 0.246 e. The number of rotatable bonds is 6. The molecule has 2 N–H and O–H groups in total. The molecule has 0 fully saturated rings. The minimum absolute atomic E-state index is 0.126. The van der Waals surface area contributed by atoms with Crippen molar-refractivity contribution in [3.63, 3.8) is 0 Å². The number of carbonyl (C=O) groups excluding carboxylic acids is 1. The molecule has 0 atom stereocenters. The van der Waals surface area contributed by atoms with Gasteiger partial charge in [0.2, 0.25) is 5.91 Å². The molecule has 0 saturated heterocycles. The lowest BCUT2D eigenvalue weighted by Crippen LogP contribution is -2.19. The molecular formula is C13H16N4O2. The van der Waals surface area contributed by atoms with Gasteiger partial charge in [0.1, 0.15) is 6.54 Å². The first-order chi connectivity index (χ1) is 9.28. The lowest BCUT2D eigenvalue weighted by molar-refractivity contribution is -0.116. The zero-order valence-electron chi connectivity index (χ0n) is 10.5. The SMILES string of the molecule is O=C(Cn1cc(CCCO)nn1)Nc1ccccc1. The van der Waals surface area contributed by atoms with Gasteiger partial charge in [-0.15, -0.1) is 5.10 Å². The standard InChI is InChI=1S/C13H16N4O2/c18-8-4-7-12-9-17(16-15-12)10-13(19)14-11-5-2-1-3-6-11/h1-3,5-6,9,18H,4,7-8,10H2,(H,14,19). The Labute approximate surface area is 111 Å². The molecule has 1 aromatic carbocycles. The number of aromatic nitrogens is 3. The molecule has 0 unspecified atom stereocenters. The molecule has 1 heterocycles. The predicted octanol–water partition coefficient (Wildman–Crippen LogP) is 0.842. The molecule has 0 saturated carbocycles. The highest BCUT2D eigenvalue weighted by Crippen LogP contribution is 2.05. The number of nitrogens with zero attached hydrogens (tertiary/aromatic N) is 3. The molecule has 0 aliphatic heterocycles. The molecule has 6 heteroatoms. The summed E-state index contributed by atoms with van der Waals surface area (Å²) in [7, 11) is 0. The van der Waals surface area contributed by atoms with Crippen LogP contribution in [0.3, 0.4) is 0 Å². The van der Waals surface area contributed by atoms with Gasteiger partial charge < -0.3 is 10.4 Å². The second kappa shape index (κ2) is 6.65. The molecule has 0 spiro atoms. The summed E-state index contributed by atoms with van der Waals surface area (Å²) in [6.07, 6.45) is 3.03. The average Bonchev–Trinajstić information content (AvgIpc) is 2.85.